The van der Waals surface area contributed by atoms with E-state index in [2.05, 4.69) is 0 Å². The van der Waals surface area contributed by atoms with Crippen LogP contribution in [0.5, 0.6) is 0 Å². The summed E-state index contributed by atoms with van der Waals surface area (Å²) in [6, 6.07) is 5.41. The third-order valence-electron chi connectivity index (χ3n) is 2.74. The second-order valence-corrected chi connectivity index (χ2v) is 3.95. The van der Waals surface area contributed by atoms with Gasteiger partial charge in [0, 0.05) is 18.8 Å². The van der Waals surface area contributed by atoms with Gasteiger partial charge in [-0.1, -0.05) is 12.1 Å². The Bertz CT molecular complexity index is 387. The monoisotopic (exact) mass is 230 g/mol. The van der Waals surface area contributed by atoms with Crippen molar-refractivity contribution in [3.8, 4) is 0 Å². The van der Waals surface area contributed by atoms with Gasteiger partial charge in [-0.05, 0) is 23.6 Å². The first-order chi connectivity index (χ1) is 7.49. The Hall–Kier alpha value is -1.23. The molecule has 1 aromatic rings. The lowest BCUT2D eigenvalue weighted by Crippen LogP contribution is -2.32. The van der Waals surface area contributed by atoms with Crippen molar-refractivity contribution in [1.82, 2.24) is 0 Å². The van der Waals surface area contributed by atoms with E-state index in [-0.39, 0.29) is 0 Å². The van der Waals surface area contributed by atoms with E-state index in [0.29, 0.717) is 25.2 Å². The highest BCUT2D eigenvalue weighted by molar-refractivity contribution is 5.59. The van der Waals surface area contributed by atoms with Gasteiger partial charge >= 0.3 is 6.18 Å². The molecule has 0 fully saturated rings. The SMILES string of the molecule is NCc1ccc2c(c1)CCN2CC(F)(F)F. The summed E-state index contributed by atoms with van der Waals surface area (Å²) in [6.45, 7) is -0.0165. The van der Waals surface area contributed by atoms with Gasteiger partial charge in [-0.2, -0.15) is 13.2 Å². The summed E-state index contributed by atoms with van der Waals surface area (Å²) >= 11 is 0. The van der Waals surface area contributed by atoms with Gasteiger partial charge < -0.3 is 10.6 Å². The second-order valence-electron chi connectivity index (χ2n) is 3.95. The number of rotatable bonds is 2. The predicted molar refractivity (Wildman–Crippen MR) is 56.3 cm³/mol. The van der Waals surface area contributed by atoms with E-state index in [1.807, 2.05) is 6.07 Å². The molecule has 1 heterocycles. The predicted octanol–water partition coefficient (Wildman–Crippen LogP) is 2.07. The van der Waals surface area contributed by atoms with Crippen LogP contribution in [0.2, 0.25) is 0 Å². The lowest BCUT2D eigenvalue weighted by molar-refractivity contribution is -0.119. The number of hydrogen-bond acceptors (Lipinski definition) is 2. The van der Waals surface area contributed by atoms with Crippen molar-refractivity contribution in [3.05, 3.63) is 29.3 Å². The molecule has 0 saturated carbocycles. The molecule has 16 heavy (non-hydrogen) atoms. The fourth-order valence-corrected chi connectivity index (χ4v) is 2.03. The lowest BCUT2D eigenvalue weighted by atomic mass is 10.1. The summed E-state index contributed by atoms with van der Waals surface area (Å²) in [7, 11) is 0. The lowest BCUT2D eigenvalue weighted by Gasteiger charge is -2.21. The molecule has 0 bridgehead atoms. The van der Waals surface area contributed by atoms with Crippen LogP contribution >= 0.6 is 0 Å². The average molecular weight is 230 g/mol. The molecule has 0 aromatic heterocycles. The number of benzene rings is 1. The summed E-state index contributed by atoms with van der Waals surface area (Å²) in [4.78, 5) is 1.37. The number of anilines is 1. The zero-order valence-electron chi connectivity index (χ0n) is 8.72. The first-order valence-corrected chi connectivity index (χ1v) is 5.13. The van der Waals surface area contributed by atoms with Gasteiger partial charge in [0.05, 0.1) is 0 Å². The smallest absolute Gasteiger partial charge is 0.362 e. The van der Waals surface area contributed by atoms with Crippen LogP contribution in [0.25, 0.3) is 0 Å². The molecule has 0 saturated heterocycles. The normalized spacial score (nSPS) is 15.4. The van der Waals surface area contributed by atoms with Crippen molar-refractivity contribution in [3.63, 3.8) is 0 Å². The highest BCUT2D eigenvalue weighted by Gasteiger charge is 2.33. The Balaban J connectivity index is 2.20. The maximum atomic E-state index is 12.3. The van der Waals surface area contributed by atoms with Crippen LogP contribution in [0, 0.1) is 0 Å². The Kier molecular flexibility index (Phi) is 2.80. The van der Waals surface area contributed by atoms with E-state index in [4.69, 9.17) is 5.73 Å². The molecule has 1 aliphatic rings. The molecule has 2 rings (SSSR count). The minimum Gasteiger partial charge on any atom is -0.362 e. The van der Waals surface area contributed by atoms with E-state index in [9.17, 15) is 13.2 Å². The molecule has 1 aromatic carbocycles. The molecule has 0 spiro atoms. The number of nitrogens with two attached hydrogens (primary N) is 1. The summed E-state index contributed by atoms with van der Waals surface area (Å²) < 4.78 is 36.9. The standard InChI is InChI=1S/C11H13F3N2/c12-11(13,14)7-16-4-3-9-5-8(6-15)1-2-10(9)16/h1-2,5H,3-4,6-7,15H2. The Morgan fingerprint density at radius 2 is 2.06 bits per heavy atom. The molecule has 0 aliphatic carbocycles. The van der Waals surface area contributed by atoms with Crippen molar-refractivity contribution < 1.29 is 13.2 Å². The van der Waals surface area contributed by atoms with Gasteiger partial charge in [0.2, 0.25) is 0 Å². The van der Waals surface area contributed by atoms with Crippen LogP contribution in [0.1, 0.15) is 11.1 Å². The van der Waals surface area contributed by atoms with Crippen LogP contribution < -0.4 is 10.6 Å². The maximum absolute atomic E-state index is 12.3. The molecule has 0 amide bonds. The third kappa shape index (κ3) is 2.29. The summed E-state index contributed by atoms with van der Waals surface area (Å²) in [5.74, 6) is 0. The highest BCUT2D eigenvalue weighted by Crippen LogP contribution is 2.31. The fraction of sp³-hybridized carbons (Fsp3) is 0.455. The quantitative estimate of drug-likeness (QED) is 0.842. The molecular formula is C11H13F3N2. The van der Waals surface area contributed by atoms with Crippen molar-refractivity contribution in [1.29, 1.82) is 0 Å². The molecule has 0 atom stereocenters. The molecule has 0 unspecified atom stereocenters. The van der Waals surface area contributed by atoms with Gasteiger partial charge in [-0.3, -0.25) is 0 Å². The third-order valence-corrected chi connectivity index (χ3v) is 2.74. The van der Waals surface area contributed by atoms with E-state index in [1.54, 1.807) is 12.1 Å². The number of alkyl halides is 3. The van der Waals surface area contributed by atoms with E-state index in [1.165, 1.54) is 4.90 Å². The van der Waals surface area contributed by atoms with Crippen molar-refractivity contribution in [2.75, 3.05) is 18.0 Å². The zero-order valence-corrected chi connectivity index (χ0v) is 8.72. The van der Waals surface area contributed by atoms with Gasteiger partial charge in [0.15, 0.2) is 0 Å². The molecule has 5 heteroatoms. The van der Waals surface area contributed by atoms with E-state index >= 15 is 0 Å². The Labute approximate surface area is 91.8 Å². The van der Waals surface area contributed by atoms with Gasteiger partial charge in [-0.15, -0.1) is 0 Å². The molecule has 2 N–H and O–H groups in total. The second kappa shape index (κ2) is 3.97. The van der Waals surface area contributed by atoms with Crippen LogP contribution in [0.3, 0.4) is 0 Å². The minimum atomic E-state index is -4.14. The van der Waals surface area contributed by atoms with E-state index < -0.39 is 12.7 Å². The molecule has 0 radical (unpaired) electrons. The number of fused-ring (bicyclic) bond motifs is 1. The first kappa shape index (κ1) is 11.3. The zero-order chi connectivity index (χ0) is 11.8. The number of halogens is 3. The van der Waals surface area contributed by atoms with Crippen LogP contribution in [-0.4, -0.2) is 19.3 Å². The number of nitrogens with zero attached hydrogens (tertiary/aromatic N) is 1. The fourth-order valence-electron chi connectivity index (χ4n) is 2.03. The van der Waals surface area contributed by atoms with Gasteiger partial charge in [0.25, 0.3) is 0 Å². The minimum absolute atomic E-state index is 0.423. The van der Waals surface area contributed by atoms with Crippen LogP contribution in [0.15, 0.2) is 18.2 Å². The Morgan fingerprint density at radius 3 is 2.69 bits per heavy atom. The number of hydrogen-bond donors (Lipinski definition) is 1. The first-order valence-electron chi connectivity index (χ1n) is 5.13. The topological polar surface area (TPSA) is 29.3 Å². The van der Waals surface area contributed by atoms with Crippen molar-refractivity contribution in [2.45, 2.75) is 19.1 Å². The van der Waals surface area contributed by atoms with Crippen molar-refractivity contribution in [2.24, 2.45) is 5.73 Å². The molecule has 1 aliphatic heterocycles. The van der Waals surface area contributed by atoms with Crippen LogP contribution in [-0.2, 0) is 13.0 Å². The summed E-state index contributed by atoms with van der Waals surface area (Å²) in [5.41, 5.74) is 8.11. The van der Waals surface area contributed by atoms with Gasteiger partial charge in [-0.25, -0.2) is 0 Å². The Morgan fingerprint density at radius 1 is 1.31 bits per heavy atom. The van der Waals surface area contributed by atoms with Crippen LogP contribution in [0.4, 0.5) is 18.9 Å². The highest BCUT2D eigenvalue weighted by atomic mass is 19.4. The van der Waals surface area contributed by atoms with Crippen molar-refractivity contribution >= 4 is 5.69 Å². The summed E-state index contributed by atoms with van der Waals surface area (Å²) in [5, 5.41) is 0. The van der Waals surface area contributed by atoms with Gasteiger partial charge in [0.1, 0.15) is 6.54 Å². The average Bonchev–Trinajstić information content (AvgIpc) is 2.58. The molecular weight excluding hydrogens is 217 g/mol. The molecule has 2 nitrogen and oxygen atoms in total. The summed E-state index contributed by atoms with van der Waals surface area (Å²) in [6.07, 6.45) is -3.48. The maximum Gasteiger partial charge on any atom is 0.405 e. The van der Waals surface area contributed by atoms with E-state index in [0.717, 1.165) is 11.1 Å². The molecule has 88 valence electrons. The largest absolute Gasteiger partial charge is 0.405 e.